The van der Waals surface area contributed by atoms with Crippen molar-refractivity contribution in [2.45, 2.75) is 13.0 Å². The lowest BCUT2D eigenvalue weighted by molar-refractivity contribution is 0.416. The maximum Gasteiger partial charge on any atom is 0.126 e. The highest BCUT2D eigenvalue weighted by molar-refractivity contribution is 5.71. The van der Waals surface area contributed by atoms with Crippen LogP contribution < -0.4 is 10.5 Å². The van der Waals surface area contributed by atoms with Crippen LogP contribution in [-0.2, 0) is 0 Å². The lowest BCUT2D eigenvalue weighted by Crippen LogP contribution is -2.05. The van der Waals surface area contributed by atoms with Crippen molar-refractivity contribution in [2.24, 2.45) is 5.73 Å². The minimum absolute atomic E-state index is 0.0215. The summed E-state index contributed by atoms with van der Waals surface area (Å²) in [5, 5.41) is 9.32. The molecule has 2 rings (SSSR count). The van der Waals surface area contributed by atoms with Crippen molar-refractivity contribution in [3.8, 4) is 22.6 Å². The zero-order valence-electron chi connectivity index (χ0n) is 10.6. The SMILES string of the molecule is COc1ccc(C(C)N)cc1-c1ccc(O)cc1. The van der Waals surface area contributed by atoms with Crippen LogP contribution in [0.25, 0.3) is 11.1 Å². The van der Waals surface area contributed by atoms with Gasteiger partial charge in [0.1, 0.15) is 11.5 Å². The van der Waals surface area contributed by atoms with Gasteiger partial charge in [-0.2, -0.15) is 0 Å². The van der Waals surface area contributed by atoms with Crippen LogP contribution in [0.15, 0.2) is 42.5 Å². The highest BCUT2D eigenvalue weighted by atomic mass is 16.5. The number of phenols is 1. The summed E-state index contributed by atoms with van der Waals surface area (Å²) in [5.41, 5.74) is 8.92. The summed E-state index contributed by atoms with van der Waals surface area (Å²) in [6, 6.07) is 12.9. The molecule has 1 unspecified atom stereocenters. The topological polar surface area (TPSA) is 55.5 Å². The van der Waals surface area contributed by atoms with Gasteiger partial charge in [-0.15, -0.1) is 0 Å². The Hall–Kier alpha value is -2.00. The molecule has 18 heavy (non-hydrogen) atoms. The highest BCUT2D eigenvalue weighted by Crippen LogP contribution is 2.32. The first-order valence-corrected chi connectivity index (χ1v) is 5.84. The van der Waals surface area contributed by atoms with Crippen LogP contribution in [0.3, 0.4) is 0 Å². The molecule has 0 radical (unpaired) electrons. The lowest BCUT2D eigenvalue weighted by Gasteiger charge is -2.13. The number of ether oxygens (including phenoxy) is 1. The van der Waals surface area contributed by atoms with Crippen molar-refractivity contribution in [3.05, 3.63) is 48.0 Å². The van der Waals surface area contributed by atoms with Gasteiger partial charge in [0, 0.05) is 11.6 Å². The van der Waals surface area contributed by atoms with Gasteiger partial charge in [-0.1, -0.05) is 18.2 Å². The van der Waals surface area contributed by atoms with Crippen LogP contribution in [-0.4, -0.2) is 12.2 Å². The number of hydrogen-bond acceptors (Lipinski definition) is 3. The number of aromatic hydroxyl groups is 1. The Bertz CT molecular complexity index is 533. The van der Waals surface area contributed by atoms with Crippen LogP contribution in [0, 0.1) is 0 Å². The standard InChI is InChI=1S/C15H17NO2/c1-10(16)12-5-8-15(18-2)14(9-12)11-3-6-13(17)7-4-11/h3-10,17H,16H2,1-2H3. The summed E-state index contributed by atoms with van der Waals surface area (Å²) < 4.78 is 5.36. The Morgan fingerprint density at radius 3 is 2.33 bits per heavy atom. The maximum absolute atomic E-state index is 9.32. The van der Waals surface area contributed by atoms with Gasteiger partial charge >= 0.3 is 0 Å². The molecule has 0 aliphatic carbocycles. The average molecular weight is 243 g/mol. The fraction of sp³-hybridized carbons (Fsp3) is 0.200. The quantitative estimate of drug-likeness (QED) is 0.871. The molecule has 0 amide bonds. The lowest BCUT2D eigenvalue weighted by atomic mass is 9.99. The van der Waals surface area contributed by atoms with Gasteiger partial charge in [-0.3, -0.25) is 0 Å². The van der Waals surface area contributed by atoms with E-state index in [-0.39, 0.29) is 11.8 Å². The first-order chi connectivity index (χ1) is 8.61. The van der Waals surface area contributed by atoms with Gasteiger partial charge in [-0.05, 0) is 42.3 Å². The van der Waals surface area contributed by atoms with E-state index < -0.39 is 0 Å². The molecule has 2 aromatic carbocycles. The van der Waals surface area contributed by atoms with Gasteiger partial charge in [0.05, 0.1) is 7.11 Å². The number of phenolic OH excluding ortho intramolecular Hbond substituents is 1. The minimum Gasteiger partial charge on any atom is -0.508 e. The van der Waals surface area contributed by atoms with E-state index in [4.69, 9.17) is 10.5 Å². The normalized spacial score (nSPS) is 12.2. The fourth-order valence-corrected chi connectivity index (χ4v) is 1.88. The van der Waals surface area contributed by atoms with E-state index in [1.54, 1.807) is 19.2 Å². The molecule has 0 saturated carbocycles. The molecule has 0 aliphatic heterocycles. The van der Waals surface area contributed by atoms with Crippen molar-refractivity contribution in [2.75, 3.05) is 7.11 Å². The molecule has 0 fully saturated rings. The number of benzene rings is 2. The molecular formula is C15H17NO2. The van der Waals surface area contributed by atoms with Crippen LogP contribution >= 0.6 is 0 Å². The third-order valence-electron chi connectivity index (χ3n) is 2.93. The van der Waals surface area contributed by atoms with Crippen LogP contribution in [0.1, 0.15) is 18.5 Å². The number of methoxy groups -OCH3 is 1. The van der Waals surface area contributed by atoms with E-state index in [9.17, 15) is 5.11 Å². The molecule has 2 aromatic rings. The third-order valence-corrected chi connectivity index (χ3v) is 2.93. The Balaban J connectivity index is 2.53. The summed E-state index contributed by atoms with van der Waals surface area (Å²) in [6.45, 7) is 1.95. The number of nitrogens with two attached hydrogens (primary N) is 1. The van der Waals surface area contributed by atoms with Crippen molar-refractivity contribution in [3.63, 3.8) is 0 Å². The smallest absolute Gasteiger partial charge is 0.126 e. The van der Waals surface area contributed by atoms with Crippen molar-refractivity contribution in [1.29, 1.82) is 0 Å². The van der Waals surface area contributed by atoms with E-state index in [1.807, 2.05) is 37.3 Å². The first-order valence-electron chi connectivity index (χ1n) is 5.84. The number of hydrogen-bond donors (Lipinski definition) is 2. The maximum atomic E-state index is 9.32. The molecule has 3 heteroatoms. The minimum atomic E-state index is -0.0215. The molecule has 0 spiro atoms. The molecule has 0 saturated heterocycles. The Morgan fingerprint density at radius 1 is 1.11 bits per heavy atom. The molecular weight excluding hydrogens is 226 g/mol. The van der Waals surface area contributed by atoms with E-state index in [0.717, 1.165) is 22.4 Å². The summed E-state index contributed by atoms with van der Waals surface area (Å²) in [6.07, 6.45) is 0. The van der Waals surface area contributed by atoms with E-state index >= 15 is 0 Å². The molecule has 3 N–H and O–H groups in total. The van der Waals surface area contributed by atoms with Crippen LogP contribution in [0.5, 0.6) is 11.5 Å². The van der Waals surface area contributed by atoms with Gasteiger partial charge in [-0.25, -0.2) is 0 Å². The molecule has 0 aliphatic rings. The summed E-state index contributed by atoms with van der Waals surface area (Å²) >= 11 is 0. The molecule has 1 atom stereocenters. The summed E-state index contributed by atoms with van der Waals surface area (Å²) in [7, 11) is 1.64. The molecule has 3 nitrogen and oxygen atoms in total. The second-order valence-corrected chi connectivity index (χ2v) is 4.30. The Morgan fingerprint density at radius 2 is 1.78 bits per heavy atom. The van der Waals surface area contributed by atoms with Crippen molar-refractivity contribution in [1.82, 2.24) is 0 Å². The fourth-order valence-electron chi connectivity index (χ4n) is 1.88. The molecule has 0 heterocycles. The Labute approximate surface area is 107 Å². The molecule has 0 aromatic heterocycles. The van der Waals surface area contributed by atoms with Crippen LogP contribution in [0.4, 0.5) is 0 Å². The second kappa shape index (κ2) is 5.10. The summed E-state index contributed by atoms with van der Waals surface area (Å²) in [5.74, 6) is 1.05. The van der Waals surface area contributed by atoms with E-state index in [1.165, 1.54) is 0 Å². The van der Waals surface area contributed by atoms with Crippen LogP contribution in [0.2, 0.25) is 0 Å². The predicted octanol–water partition coefficient (Wildman–Crippen LogP) is 3.09. The molecule has 94 valence electrons. The summed E-state index contributed by atoms with van der Waals surface area (Å²) in [4.78, 5) is 0. The average Bonchev–Trinajstić information content (AvgIpc) is 2.39. The number of rotatable bonds is 3. The monoisotopic (exact) mass is 243 g/mol. The third kappa shape index (κ3) is 2.46. The van der Waals surface area contributed by atoms with Gasteiger partial charge in [0.2, 0.25) is 0 Å². The predicted molar refractivity (Wildman–Crippen MR) is 72.7 cm³/mol. The first kappa shape index (κ1) is 12.5. The zero-order chi connectivity index (χ0) is 13.1. The van der Waals surface area contributed by atoms with E-state index in [0.29, 0.717) is 0 Å². The van der Waals surface area contributed by atoms with Crippen molar-refractivity contribution >= 4 is 0 Å². The van der Waals surface area contributed by atoms with Gasteiger partial charge < -0.3 is 15.6 Å². The zero-order valence-corrected chi connectivity index (χ0v) is 10.6. The largest absolute Gasteiger partial charge is 0.508 e. The van der Waals surface area contributed by atoms with Gasteiger partial charge in [0.15, 0.2) is 0 Å². The van der Waals surface area contributed by atoms with E-state index in [2.05, 4.69) is 0 Å². The van der Waals surface area contributed by atoms with Crippen molar-refractivity contribution < 1.29 is 9.84 Å². The molecule has 0 bridgehead atoms. The second-order valence-electron chi connectivity index (χ2n) is 4.30. The highest BCUT2D eigenvalue weighted by Gasteiger charge is 2.09. The Kier molecular flexibility index (Phi) is 3.53. The van der Waals surface area contributed by atoms with Gasteiger partial charge in [0.25, 0.3) is 0 Å².